The molecule has 0 amide bonds. The number of rotatable bonds is 2. The Bertz CT molecular complexity index is 63.6. The lowest BCUT2D eigenvalue weighted by Crippen LogP contribution is -2.17. The van der Waals surface area contributed by atoms with Gasteiger partial charge in [-0.05, 0) is 0 Å². The molecule has 6 N–H and O–H groups in total. The molecule has 0 aliphatic heterocycles. The normalized spacial score (nSPS) is 8.56. The second kappa shape index (κ2) is 10.9. The van der Waals surface area contributed by atoms with E-state index in [2.05, 4.69) is 0 Å². The van der Waals surface area contributed by atoms with Gasteiger partial charge in [-0.2, -0.15) is 0 Å². The summed E-state index contributed by atoms with van der Waals surface area (Å²) in [7, 11) is -3.13. The van der Waals surface area contributed by atoms with Crippen molar-refractivity contribution >= 4 is 8.25 Å². The molecule has 0 aliphatic rings. The number of nitrogens with two attached hydrogens (primary N) is 1. The minimum absolute atomic E-state index is 0.472. The van der Waals surface area contributed by atoms with Crippen LogP contribution in [0.25, 0.3) is 0 Å². The third-order valence-corrected chi connectivity index (χ3v) is 0.256. The van der Waals surface area contributed by atoms with Gasteiger partial charge in [0.2, 0.25) is 0 Å². The van der Waals surface area contributed by atoms with E-state index in [1.165, 1.54) is 0 Å². The summed E-state index contributed by atoms with van der Waals surface area (Å²) in [5, 5.41) is 7.74. The highest BCUT2D eigenvalue weighted by Crippen LogP contribution is 1.98. The standard InChI is InChI=1S/C2H8N2O.H3O3P/c3-1-2-4-5;1-4(2)3/h4-5H,1-3H2;4H,(H2,1,2,3). The first-order valence-corrected chi connectivity index (χ1v) is 3.44. The van der Waals surface area contributed by atoms with Crippen LogP contribution in [0.2, 0.25) is 0 Å². The molecule has 0 bridgehead atoms. The zero-order valence-electron chi connectivity index (χ0n) is 4.74. The van der Waals surface area contributed by atoms with E-state index in [1.807, 2.05) is 5.48 Å². The smallest absolute Gasteiger partial charge is 0.314 e. The zero-order valence-corrected chi connectivity index (χ0v) is 5.74. The molecule has 0 spiro atoms. The molecule has 0 fully saturated rings. The van der Waals surface area contributed by atoms with Crippen LogP contribution in [-0.4, -0.2) is 28.1 Å². The number of hydroxylamine groups is 1. The van der Waals surface area contributed by atoms with Crippen LogP contribution in [0.4, 0.5) is 0 Å². The van der Waals surface area contributed by atoms with Gasteiger partial charge in [0.05, 0.1) is 0 Å². The Kier molecular flexibility index (Phi) is 14.3. The van der Waals surface area contributed by atoms with Crippen LogP contribution in [0, 0.1) is 0 Å². The summed E-state index contributed by atoms with van der Waals surface area (Å²) in [5.41, 5.74) is 6.81. The number of hydrogen-bond acceptors (Lipinski definition) is 4. The summed E-state index contributed by atoms with van der Waals surface area (Å²) < 4.78 is 8.74. The molecule has 0 radical (unpaired) electrons. The van der Waals surface area contributed by atoms with E-state index in [4.69, 9.17) is 25.3 Å². The fourth-order valence-corrected chi connectivity index (χ4v) is 0.0645. The summed E-state index contributed by atoms with van der Waals surface area (Å²) in [6.07, 6.45) is 0. The average molecular weight is 158 g/mol. The van der Waals surface area contributed by atoms with Crippen molar-refractivity contribution in [2.24, 2.45) is 5.73 Å². The molecule has 58 valence electrons. The molecule has 0 rings (SSSR count). The molecular formula is C2H11N2O4P. The van der Waals surface area contributed by atoms with Gasteiger partial charge in [0.25, 0.3) is 0 Å². The molecule has 0 aliphatic carbocycles. The van der Waals surface area contributed by atoms with Gasteiger partial charge in [0, 0.05) is 13.1 Å². The monoisotopic (exact) mass is 158 g/mol. The highest BCUT2D eigenvalue weighted by atomic mass is 31.1. The summed E-state index contributed by atoms with van der Waals surface area (Å²) in [6, 6.07) is 0. The lowest BCUT2D eigenvalue weighted by molar-refractivity contribution is 0.170. The Balaban J connectivity index is 0. The summed E-state index contributed by atoms with van der Waals surface area (Å²) in [6.45, 7) is 0.955. The van der Waals surface area contributed by atoms with E-state index < -0.39 is 8.25 Å². The molecule has 0 heterocycles. The Morgan fingerprint density at radius 1 is 1.56 bits per heavy atom. The van der Waals surface area contributed by atoms with E-state index in [0.717, 1.165) is 0 Å². The van der Waals surface area contributed by atoms with Gasteiger partial charge < -0.3 is 20.7 Å². The third-order valence-electron chi connectivity index (χ3n) is 0.256. The first-order valence-electron chi connectivity index (χ1n) is 2.14. The molecule has 0 aromatic heterocycles. The van der Waals surface area contributed by atoms with Crippen molar-refractivity contribution in [3.05, 3.63) is 0 Å². The van der Waals surface area contributed by atoms with Gasteiger partial charge in [0.1, 0.15) is 0 Å². The van der Waals surface area contributed by atoms with Gasteiger partial charge in [-0.1, -0.05) is 0 Å². The molecule has 0 atom stereocenters. The minimum Gasteiger partial charge on any atom is -0.329 e. The predicted molar refractivity (Wildman–Crippen MR) is 32.3 cm³/mol. The maximum absolute atomic E-state index is 8.74. The highest BCUT2D eigenvalue weighted by Gasteiger charge is 1.65. The van der Waals surface area contributed by atoms with Crippen molar-refractivity contribution in [3.63, 3.8) is 0 Å². The van der Waals surface area contributed by atoms with Gasteiger partial charge >= 0.3 is 8.25 Å². The largest absolute Gasteiger partial charge is 0.329 e. The van der Waals surface area contributed by atoms with Crippen molar-refractivity contribution in [1.82, 2.24) is 5.48 Å². The lowest BCUT2D eigenvalue weighted by Gasteiger charge is -1.84. The van der Waals surface area contributed by atoms with Crippen molar-refractivity contribution in [1.29, 1.82) is 0 Å². The van der Waals surface area contributed by atoms with Crippen LogP contribution in [0.3, 0.4) is 0 Å². The van der Waals surface area contributed by atoms with Crippen LogP contribution in [-0.2, 0) is 4.57 Å². The second-order valence-electron chi connectivity index (χ2n) is 0.979. The molecule has 0 aromatic carbocycles. The Morgan fingerprint density at radius 2 is 1.89 bits per heavy atom. The highest BCUT2D eigenvalue weighted by molar-refractivity contribution is 7.30. The summed E-state index contributed by atoms with van der Waals surface area (Å²) in [5.74, 6) is 0. The topological polar surface area (TPSA) is 116 Å². The van der Waals surface area contributed by atoms with Gasteiger partial charge in [-0.15, -0.1) is 0 Å². The maximum Gasteiger partial charge on any atom is 0.314 e. The lowest BCUT2D eigenvalue weighted by atomic mass is 10.7. The molecule has 6 nitrogen and oxygen atoms in total. The second-order valence-corrected chi connectivity index (χ2v) is 1.54. The van der Waals surface area contributed by atoms with E-state index in [9.17, 15) is 0 Å². The maximum atomic E-state index is 8.74. The van der Waals surface area contributed by atoms with Crippen LogP contribution in [0.1, 0.15) is 0 Å². The fraction of sp³-hybridized carbons (Fsp3) is 1.00. The van der Waals surface area contributed by atoms with Gasteiger partial charge in [0.15, 0.2) is 0 Å². The van der Waals surface area contributed by atoms with Gasteiger partial charge in [-0.3, -0.25) is 4.57 Å². The van der Waals surface area contributed by atoms with Crippen molar-refractivity contribution < 1.29 is 19.6 Å². The molecular weight excluding hydrogens is 147 g/mol. The SMILES string of the molecule is NCCNO.O=[PH](O)O. The molecule has 7 heteroatoms. The van der Waals surface area contributed by atoms with Crippen molar-refractivity contribution in [2.45, 2.75) is 0 Å². The molecule has 0 aromatic rings. The molecule has 9 heavy (non-hydrogen) atoms. The van der Waals surface area contributed by atoms with E-state index in [1.54, 1.807) is 0 Å². The fourth-order valence-electron chi connectivity index (χ4n) is 0.0645. The van der Waals surface area contributed by atoms with Crippen molar-refractivity contribution in [3.8, 4) is 0 Å². The van der Waals surface area contributed by atoms with E-state index in [-0.39, 0.29) is 0 Å². The third kappa shape index (κ3) is 70.9. The Labute approximate surface area is 53.2 Å². The molecule has 0 unspecified atom stereocenters. The summed E-state index contributed by atoms with van der Waals surface area (Å²) in [4.78, 5) is 14.3. The molecule has 0 saturated carbocycles. The van der Waals surface area contributed by atoms with Crippen molar-refractivity contribution in [2.75, 3.05) is 13.1 Å². The van der Waals surface area contributed by atoms with E-state index in [0.29, 0.717) is 13.1 Å². The zero-order chi connectivity index (χ0) is 7.70. The predicted octanol–water partition coefficient (Wildman–Crippen LogP) is -1.72. The first-order chi connectivity index (χ1) is 4.15. The summed E-state index contributed by atoms with van der Waals surface area (Å²) >= 11 is 0. The minimum atomic E-state index is -3.13. The van der Waals surface area contributed by atoms with Crippen LogP contribution >= 0.6 is 8.25 Å². The van der Waals surface area contributed by atoms with E-state index >= 15 is 0 Å². The Hall–Kier alpha value is 0.0300. The van der Waals surface area contributed by atoms with Gasteiger partial charge in [-0.25, -0.2) is 5.48 Å². The Morgan fingerprint density at radius 3 is 1.89 bits per heavy atom. The number of nitrogens with one attached hydrogen (secondary N) is 1. The average Bonchev–Trinajstić information content (AvgIpc) is 1.66. The quantitative estimate of drug-likeness (QED) is 0.241. The molecule has 0 saturated heterocycles. The number of hydrogen-bond donors (Lipinski definition) is 5. The van der Waals surface area contributed by atoms with Crippen LogP contribution < -0.4 is 11.2 Å². The van der Waals surface area contributed by atoms with Crippen LogP contribution in [0.5, 0.6) is 0 Å². The van der Waals surface area contributed by atoms with Crippen LogP contribution in [0.15, 0.2) is 0 Å². The first kappa shape index (κ1) is 11.8.